The van der Waals surface area contributed by atoms with E-state index in [1.165, 1.54) is 32.2 Å². The molecule has 1 heterocycles. The first kappa shape index (κ1) is 12.3. The highest BCUT2D eigenvalue weighted by Crippen LogP contribution is 2.16. The fourth-order valence-electron chi connectivity index (χ4n) is 2.66. The smallest absolute Gasteiger partial charge is 0.0594 e. The number of morpholine rings is 1. The molecule has 2 fully saturated rings. The Balaban J connectivity index is 1.51. The summed E-state index contributed by atoms with van der Waals surface area (Å²) in [6, 6.07) is 0.966. The molecule has 2 atom stereocenters. The summed E-state index contributed by atoms with van der Waals surface area (Å²) in [5.74, 6) is 0. The standard InChI is InChI=1S/C12H25N3O/c13-11-3-1-4-12(11)14-5-2-6-15-7-9-16-10-8-15/h11-12,14H,1-10,13H2/t11-,12-/m1/s1. The zero-order valence-corrected chi connectivity index (χ0v) is 10.2. The summed E-state index contributed by atoms with van der Waals surface area (Å²) in [5, 5.41) is 3.59. The fraction of sp³-hybridized carbons (Fsp3) is 1.00. The van der Waals surface area contributed by atoms with Crippen molar-refractivity contribution in [3.8, 4) is 0 Å². The highest BCUT2D eigenvalue weighted by atomic mass is 16.5. The fourth-order valence-corrected chi connectivity index (χ4v) is 2.66. The summed E-state index contributed by atoms with van der Waals surface area (Å²) >= 11 is 0. The average molecular weight is 227 g/mol. The first-order valence-electron chi connectivity index (χ1n) is 6.65. The molecule has 16 heavy (non-hydrogen) atoms. The molecule has 3 N–H and O–H groups in total. The number of hydrogen-bond donors (Lipinski definition) is 2. The Morgan fingerprint density at radius 2 is 2.06 bits per heavy atom. The molecule has 0 aromatic carbocycles. The maximum Gasteiger partial charge on any atom is 0.0594 e. The van der Waals surface area contributed by atoms with Crippen LogP contribution in [-0.4, -0.2) is 56.4 Å². The zero-order valence-electron chi connectivity index (χ0n) is 10.2. The molecule has 4 nitrogen and oxygen atoms in total. The third kappa shape index (κ3) is 3.70. The second kappa shape index (κ2) is 6.55. The van der Waals surface area contributed by atoms with Gasteiger partial charge in [-0.25, -0.2) is 0 Å². The Morgan fingerprint density at radius 1 is 1.25 bits per heavy atom. The van der Waals surface area contributed by atoms with Gasteiger partial charge >= 0.3 is 0 Å². The second-order valence-electron chi connectivity index (χ2n) is 4.96. The molecule has 0 aromatic rings. The van der Waals surface area contributed by atoms with Crippen LogP contribution in [0.5, 0.6) is 0 Å². The van der Waals surface area contributed by atoms with Gasteiger partial charge in [-0.3, -0.25) is 4.90 Å². The normalized spacial score (nSPS) is 32.1. The van der Waals surface area contributed by atoms with E-state index < -0.39 is 0 Å². The molecule has 1 aliphatic heterocycles. The maximum atomic E-state index is 6.01. The quantitative estimate of drug-likeness (QED) is 0.658. The average Bonchev–Trinajstić information content (AvgIpc) is 2.72. The van der Waals surface area contributed by atoms with E-state index in [0.29, 0.717) is 12.1 Å². The van der Waals surface area contributed by atoms with Crippen LogP contribution in [0, 0.1) is 0 Å². The van der Waals surface area contributed by atoms with Crippen LogP contribution in [0.1, 0.15) is 25.7 Å². The van der Waals surface area contributed by atoms with Crippen LogP contribution in [0.2, 0.25) is 0 Å². The minimum Gasteiger partial charge on any atom is -0.379 e. The molecule has 0 unspecified atom stereocenters. The van der Waals surface area contributed by atoms with Gasteiger partial charge in [-0.2, -0.15) is 0 Å². The van der Waals surface area contributed by atoms with Crippen LogP contribution < -0.4 is 11.1 Å². The van der Waals surface area contributed by atoms with Gasteiger partial charge in [0.15, 0.2) is 0 Å². The summed E-state index contributed by atoms with van der Waals surface area (Å²) in [7, 11) is 0. The van der Waals surface area contributed by atoms with Crippen molar-refractivity contribution < 1.29 is 4.74 Å². The monoisotopic (exact) mass is 227 g/mol. The molecular weight excluding hydrogens is 202 g/mol. The van der Waals surface area contributed by atoms with Gasteiger partial charge < -0.3 is 15.8 Å². The SMILES string of the molecule is N[C@@H]1CCC[C@H]1NCCCN1CCOCC1. The molecule has 1 aliphatic carbocycles. The van der Waals surface area contributed by atoms with Crippen molar-refractivity contribution in [2.24, 2.45) is 5.73 Å². The number of nitrogens with two attached hydrogens (primary N) is 1. The van der Waals surface area contributed by atoms with Crippen molar-refractivity contribution in [2.75, 3.05) is 39.4 Å². The van der Waals surface area contributed by atoms with E-state index in [1.807, 2.05) is 0 Å². The molecule has 0 radical (unpaired) electrons. The van der Waals surface area contributed by atoms with E-state index in [9.17, 15) is 0 Å². The van der Waals surface area contributed by atoms with Gasteiger partial charge in [0.05, 0.1) is 13.2 Å². The molecule has 4 heteroatoms. The van der Waals surface area contributed by atoms with Gasteiger partial charge in [0, 0.05) is 25.2 Å². The lowest BCUT2D eigenvalue weighted by Gasteiger charge is -2.27. The highest BCUT2D eigenvalue weighted by molar-refractivity contribution is 4.85. The van der Waals surface area contributed by atoms with Crippen LogP contribution in [0.3, 0.4) is 0 Å². The Kier molecular flexibility index (Phi) is 5.03. The molecule has 1 saturated carbocycles. The summed E-state index contributed by atoms with van der Waals surface area (Å²) in [6.45, 7) is 6.31. The van der Waals surface area contributed by atoms with Crippen molar-refractivity contribution in [1.82, 2.24) is 10.2 Å². The van der Waals surface area contributed by atoms with Gasteiger partial charge in [0.25, 0.3) is 0 Å². The molecule has 0 amide bonds. The first-order chi connectivity index (χ1) is 7.86. The van der Waals surface area contributed by atoms with Crippen molar-refractivity contribution >= 4 is 0 Å². The Morgan fingerprint density at radius 3 is 2.75 bits per heavy atom. The Bertz CT molecular complexity index is 195. The number of nitrogens with one attached hydrogen (secondary N) is 1. The molecule has 2 rings (SSSR count). The van der Waals surface area contributed by atoms with Crippen molar-refractivity contribution in [2.45, 2.75) is 37.8 Å². The van der Waals surface area contributed by atoms with Crippen molar-refractivity contribution in [3.05, 3.63) is 0 Å². The summed E-state index contributed by atoms with van der Waals surface area (Å²) in [6.07, 6.45) is 4.98. The van der Waals surface area contributed by atoms with E-state index in [0.717, 1.165) is 32.8 Å². The number of nitrogens with zero attached hydrogens (tertiary/aromatic N) is 1. The van der Waals surface area contributed by atoms with Crippen molar-refractivity contribution in [1.29, 1.82) is 0 Å². The first-order valence-corrected chi connectivity index (χ1v) is 6.65. The second-order valence-corrected chi connectivity index (χ2v) is 4.96. The summed E-state index contributed by atoms with van der Waals surface area (Å²) in [5.41, 5.74) is 6.01. The van der Waals surface area contributed by atoms with E-state index >= 15 is 0 Å². The minimum absolute atomic E-state index is 0.392. The third-order valence-corrected chi connectivity index (χ3v) is 3.73. The number of rotatable bonds is 5. The lowest BCUT2D eigenvalue weighted by atomic mass is 10.2. The lowest BCUT2D eigenvalue weighted by molar-refractivity contribution is 0.0374. The van der Waals surface area contributed by atoms with Crippen molar-refractivity contribution in [3.63, 3.8) is 0 Å². The Labute approximate surface area is 98.5 Å². The van der Waals surface area contributed by atoms with Crippen LogP contribution in [0.25, 0.3) is 0 Å². The van der Waals surface area contributed by atoms with Gasteiger partial charge in [-0.05, 0) is 32.4 Å². The van der Waals surface area contributed by atoms with Gasteiger partial charge in [0.1, 0.15) is 0 Å². The molecule has 0 aromatic heterocycles. The van der Waals surface area contributed by atoms with E-state index in [1.54, 1.807) is 0 Å². The summed E-state index contributed by atoms with van der Waals surface area (Å²) < 4.78 is 5.33. The predicted molar refractivity (Wildman–Crippen MR) is 65.5 cm³/mol. The number of ether oxygens (including phenoxy) is 1. The van der Waals surface area contributed by atoms with E-state index in [-0.39, 0.29) is 0 Å². The predicted octanol–water partition coefficient (Wildman–Crippen LogP) is 0.178. The molecule has 94 valence electrons. The van der Waals surface area contributed by atoms with Gasteiger partial charge in [-0.15, -0.1) is 0 Å². The minimum atomic E-state index is 0.392. The summed E-state index contributed by atoms with van der Waals surface area (Å²) in [4.78, 5) is 2.49. The van der Waals surface area contributed by atoms with E-state index in [2.05, 4.69) is 10.2 Å². The van der Waals surface area contributed by atoms with E-state index in [4.69, 9.17) is 10.5 Å². The van der Waals surface area contributed by atoms with Crippen LogP contribution in [-0.2, 0) is 4.74 Å². The molecule has 0 spiro atoms. The molecular formula is C12H25N3O. The Hall–Kier alpha value is -0.160. The zero-order chi connectivity index (χ0) is 11.2. The maximum absolute atomic E-state index is 6.01. The largest absolute Gasteiger partial charge is 0.379 e. The highest BCUT2D eigenvalue weighted by Gasteiger charge is 2.22. The molecule has 0 bridgehead atoms. The molecule has 1 saturated heterocycles. The third-order valence-electron chi connectivity index (χ3n) is 3.73. The van der Waals surface area contributed by atoms with Crippen LogP contribution in [0.15, 0.2) is 0 Å². The lowest BCUT2D eigenvalue weighted by Crippen LogP contribution is -2.42. The van der Waals surface area contributed by atoms with Crippen LogP contribution in [0.4, 0.5) is 0 Å². The van der Waals surface area contributed by atoms with Gasteiger partial charge in [-0.1, -0.05) is 6.42 Å². The topological polar surface area (TPSA) is 50.5 Å². The number of hydrogen-bond acceptors (Lipinski definition) is 4. The van der Waals surface area contributed by atoms with Crippen LogP contribution >= 0.6 is 0 Å². The molecule has 2 aliphatic rings. The van der Waals surface area contributed by atoms with Gasteiger partial charge in [0.2, 0.25) is 0 Å².